The minimum atomic E-state index is -0.337. The van der Waals surface area contributed by atoms with E-state index in [0.717, 1.165) is 5.92 Å². The Balaban J connectivity index is 2.10. The number of hydrogen-bond acceptors (Lipinski definition) is 1. The fraction of sp³-hybridized carbons (Fsp3) is 0.429. The summed E-state index contributed by atoms with van der Waals surface area (Å²) >= 11 is 0. The smallest absolute Gasteiger partial charge is 0.165 e. The second-order valence-corrected chi connectivity index (χ2v) is 6.58. The van der Waals surface area contributed by atoms with Crippen molar-refractivity contribution in [2.75, 3.05) is 0 Å². The van der Waals surface area contributed by atoms with Crippen molar-refractivity contribution in [3.63, 3.8) is 0 Å². The average Bonchev–Trinajstić information content (AvgIpc) is 2.49. The van der Waals surface area contributed by atoms with E-state index in [-0.39, 0.29) is 11.6 Å². The van der Waals surface area contributed by atoms with Crippen LogP contribution in [0.15, 0.2) is 42.5 Å². The molecule has 124 valence electrons. The van der Waals surface area contributed by atoms with E-state index in [9.17, 15) is 4.39 Å². The minimum absolute atomic E-state index is 0.268. The highest BCUT2D eigenvalue weighted by Crippen LogP contribution is 2.31. The Labute approximate surface area is 139 Å². The first-order valence-electron chi connectivity index (χ1n) is 8.54. The first-order valence-corrected chi connectivity index (χ1v) is 8.54. The van der Waals surface area contributed by atoms with E-state index in [1.165, 1.54) is 36.5 Å². The molecule has 2 aromatic carbocycles. The van der Waals surface area contributed by atoms with E-state index in [0.29, 0.717) is 11.7 Å². The Hall–Kier alpha value is -1.83. The molecule has 2 rings (SSSR count). The molecule has 0 saturated heterocycles. The molecular formula is C21H27FO. The molecular weight excluding hydrogens is 287 g/mol. The third kappa shape index (κ3) is 4.82. The normalized spacial score (nSPS) is 13.6. The molecule has 0 fully saturated rings. The number of benzene rings is 2. The summed E-state index contributed by atoms with van der Waals surface area (Å²) in [4.78, 5) is 0. The maximum absolute atomic E-state index is 13.7. The summed E-state index contributed by atoms with van der Waals surface area (Å²) in [5, 5.41) is 0. The highest BCUT2D eigenvalue weighted by Gasteiger charge is 2.13. The Morgan fingerprint density at radius 3 is 2.48 bits per heavy atom. The van der Waals surface area contributed by atoms with Crippen LogP contribution >= 0.6 is 0 Å². The van der Waals surface area contributed by atoms with E-state index >= 15 is 0 Å². The molecule has 2 atom stereocenters. The maximum atomic E-state index is 13.7. The Kier molecular flexibility index (Phi) is 6.20. The van der Waals surface area contributed by atoms with Gasteiger partial charge in [0.15, 0.2) is 11.6 Å². The van der Waals surface area contributed by atoms with Crippen LogP contribution in [0.5, 0.6) is 11.5 Å². The molecule has 1 nitrogen and oxygen atoms in total. The fourth-order valence-electron chi connectivity index (χ4n) is 3.26. The van der Waals surface area contributed by atoms with Crippen LogP contribution in [-0.4, -0.2) is 0 Å². The number of para-hydroxylation sites is 1. The standard InChI is InChI=1S/C21H27FO/c1-5-8-15(2)13-16(3)19-12-11-18(14-17(19)4)23-21-10-7-6-9-20(21)22/h6-7,9-12,14-16H,5,8,13H2,1-4H3. The third-order valence-electron chi connectivity index (χ3n) is 4.37. The predicted octanol–water partition coefficient (Wildman–Crippen LogP) is 6.86. The van der Waals surface area contributed by atoms with E-state index in [2.05, 4.69) is 33.8 Å². The third-order valence-corrected chi connectivity index (χ3v) is 4.37. The van der Waals surface area contributed by atoms with Gasteiger partial charge in [-0.3, -0.25) is 0 Å². The monoisotopic (exact) mass is 314 g/mol. The van der Waals surface area contributed by atoms with Crippen molar-refractivity contribution < 1.29 is 9.13 Å². The molecule has 0 aliphatic heterocycles. The topological polar surface area (TPSA) is 9.23 Å². The zero-order valence-electron chi connectivity index (χ0n) is 14.6. The first-order chi connectivity index (χ1) is 11.0. The van der Waals surface area contributed by atoms with Crippen molar-refractivity contribution in [2.45, 2.75) is 52.9 Å². The van der Waals surface area contributed by atoms with E-state index in [1.807, 2.05) is 12.1 Å². The van der Waals surface area contributed by atoms with Gasteiger partial charge >= 0.3 is 0 Å². The predicted molar refractivity (Wildman–Crippen MR) is 94.8 cm³/mol. The molecule has 0 saturated carbocycles. The molecule has 0 heterocycles. The van der Waals surface area contributed by atoms with E-state index in [1.54, 1.807) is 18.2 Å². The average molecular weight is 314 g/mol. The molecule has 2 heteroatoms. The van der Waals surface area contributed by atoms with Gasteiger partial charge in [-0.25, -0.2) is 4.39 Å². The molecule has 23 heavy (non-hydrogen) atoms. The minimum Gasteiger partial charge on any atom is -0.454 e. The SMILES string of the molecule is CCCC(C)CC(C)c1ccc(Oc2ccccc2F)cc1C. The lowest BCUT2D eigenvalue weighted by Gasteiger charge is -2.19. The van der Waals surface area contributed by atoms with Crippen molar-refractivity contribution in [3.05, 3.63) is 59.4 Å². The zero-order chi connectivity index (χ0) is 16.8. The summed E-state index contributed by atoms with van der Waals surface area (Å²) in [5.74, 6) is 1.88. The molecule has 0 N–H and O–H groups in total. The molecule has 0 spiro atoms. The highest BCUT2D eigenvalue weighted by molar-refractivity contribution is 5.39. The number of rotatable bonds is 7. The molecule has 0 aliphatic rings. The van der Waals surface area contributed by atoms with Crippen molar-refractivity contribution in [1.29, 1.82) is 0 Å². The molecule has 2 unspecified atom stereocenters. The lowest BCUT2D eigenvalue weighted by molar-refractivity contribution is 0.438. The van der Waals surface area contributed by atoms with E-state index < -0.39 is 0 Å². The Morgan fingerprint density at radius 2 is 1.83 bits per heavy atom. The van der Waals surface area contributed by atoms with Gasteiger partial charge in [-0.1, -0.05) is 51.8 Å². The van der Waals surface area contributed by atoms with Gasteiger partial charge in [-0.05, 0) is 60.6 Å². The molecule has 0 radical (unpaired) electrons. The van der Waals surface area contributed by atoms with Crippen LogP contribution in [0, 0.1) is 18.7 Å². The summed E-state index contributed by atoms with van der Waals surface area (Å²) in [6.07, 6.45) is 3.71. The van der Waals surface area contributed by atoms with Crippen molar-refractivity contribution >= 4 is 0 Å². The summed E-state index contributed by atoms with van der Waals surface area (Å²) in [6, 6.07) is 12.6. The number of hydrogen-bond donors (Lipinski definition) is 0. The second kappa shape index (κ2) is 8.14. The Bertz CT molecular complexity index is 635. The van der Waals surface area contributed by atoms with Gasteiger partial charge in [0.05, 0.1) is 0 Å². The molecule has 0 aliphatic carbocycles. The largest absolute Gasteiger partial charge is 0.454 e. The summed E-state index contributed by atoms with van der Waals surface area (Å²) in [7, 11) is 0. The van der Waals surface area contributed by atoms with Crippen LogP contribution in [0.3, 0.4) is 0 Å². The van der Waals surface area contributed by atoms with Crippen molar-refractivity contribution in [3.8, 4) is 11.5 Å². The van der Waals surface area contributed by atoms with Crippen LogP contribution in [0.25, 0.3) is 0 Å². The number of aryl methyl sites for hydroxylation is 1. The fourth-order valence-corrected chi connectivity index (χ4v) is 3.26. The number of halogens is 1. The van der Waals surface area contributed by atoms with Crippen molar-refractivity contribution in [2.24, 2.45) is 5.92 Å². The van der Waals surface area contributed by atoms with Gasteiger partial charge in [0.2, 0.25) is 0 Å². The molecule has 2 aromatic rings. The van der Waals surface area contributed by atoms with Gasteiger partial charge < -0.3 is 4.74 Å². The molecule has 0 aromatic heterocycles. The van der Waals surface area contributed by atoms with Crippen LogP contribution in [0.4, 0.5) is 4.39 Å². The lowest BCUT2D eigenvalue weighted by Crippen LogP contribution is -2.03. The van der Waals surface area contributed by atoms with Gasteiger partial charge in [0.25, 0.3) is 0 Å². The second-order valence-electron chi connectivity index (χ2n) is 6.58. The highest BCUT2D eigenvalue weighted by atomic mass is 19.1. The van der Waals surface area contributed by atoms with Crippen molar-refractivity contribution in [1.82, 2.24) is 0 Å². The van der Waals surface area contributed by atoms with Gasteiger partial charge in [0, 0.05) is 0 Å². The zero-order valence-corrected chi connectivity index (χ0v) is 14.6. The van der Waals surface area contributed by atoms with Gasteiger partial charge in [-0.2, -0.15) is 0 Å². The van der Waals surface area contributed by atoms with Crippen LogP contribution in [0.2, 0.25) is 0 Å². The van der Waals surface area contributed by atoms with E-state index in [4.69, 9.17) is 4.74 Å². The quantitative estimate of drug-likeness (QED) is 0.542. The molecule has 0 bridgehead atoms. The summed E-state index contributed by atoms with van der Waals surface area (Å²) in [5.41, 5.74) is 2.56. The van der Waals surface area contributed by atoms with Gasteiger partial charge in [0.1, 0.15) is 5.75 Å². The van der Waals surface area contributed by atoms with Crippen LogP contribution in [-0.2, 0) is 0 Å². The summed E-state index contributed by atoms with van der Waals surface area (Å²) in [6.45, 7) is 8.95. The maximum Gasteiger partial charge on any atom is 0.165 e. The number of ether oxygens (including phenoxy) is 1. The lowest BCUT2D eigenvalue weighted by atomic mass is 9.87. The summed E-state index contributed by atoms with van der Waals surface area (Å²) < 4.78 is 19.3. The molecule has 0 amide bonds. The Morgan fingerprint density at radius 1 is 1.09 bits per heavy atom. The van der Waals surface area contributed by atoms with Crippen LogP contribution in [0.1, 0.15) is 57.1 Å². The first kappa shape index (κ1) is 17.5. The van der Waals surface area contributed by atoms with Gasteiger partial charge in [-0.15, -0.1) is 0 Å². The van der Waals surface area contributed by atoms with Crippen LogP contribution < -0.4 is 4.74 Å².